The Morgan fingerprint density at radius 1 is 1.24 bits per heavy atom. The average molecular weight is 313 g/mol. The van der Waals surface area contributed by atoms with Gasteiger partial charge in [-0.05, 0) is 56.6 Å². The Kier molecular flexibility index (Phi) is 6.61. The Morgan fingerprint density at radius 2 is 1.95 bits per heavy atom. The van der Waals surface area contributed by atoms with Gasteiger partial charge in [0, 0.05) is 26.5 Å². The van der Waals surface area contributed by atoms with Crippen molar-refractivity contribution >= 4 is 11.6 Å². The molecule has 1 aromatic carbocycles. The summed E-state index contributed by atoms with van der Waals surface area (Å²) in [6, 6.07) is 7.81. The first kappa shape index (κ1) is 16.4. The van der Waals surface area contributed by atoms with Crippen LogP contribution in [0.1, 0.15) is 19.3 Å². The van der Waals surface area contributed by atoms with E-state index in [9.17, 15) is 0 Å². The van der Waals surface area contributed by atoms with Gasteiger partial charge in [0.05, 0.1) is 0 Å². The lowest BCUT2D eigenvalue weighted by Crippen LogP contribution is -2.41. The number of hydroxylamine groups is 2. The zero-order valence-corrected chi connectivity index (χ0v) is 13.7. The first-order valence-electron chi connectivity index (χ1n) is 7.57. The van der Waals surface area contributed by atoms with Gasteiger partial charge in [-0.1, -0.05) is 0 Å². The van der Waals surface area contributed by atoms with Crippen molar-refractivity contribution in [3.05, 3.63) is 24.3 Å². The highest BCUT2D eigenvalue weighted by atomic mass is 35.5. The number of alkyl halides is 1. The lowest BCUT2D eigenvalue weighted by Gasteiger charge is -2.32. The SMILES string of the molecule is CN(C)Oc1ccc(O[C@@H]2CCCN(CCCCl)C2)cc1. The van der Waals surface area contributed by atoms with Crippen LogP contribution in [0.25, 0.3) is 0 Å². The molecule has 0 amide bonds. The molecule has 118 valence electrons. The second kappa shape index (κ2) is 8.47. The first-order chi connectivity index (χ1) is 10.2. The molecule has 1 aliphatic heterocycles. The highest BCUT2D eigenvalue weighted by Gasteiger charge is 2.20. The lowest BCUT2D eigenvalue weighted by atomic mass is 10.1. The Labute approximate surface area is 132 Å². The molecule has 0 unspecified atom stereocenters. The summed E-state index contributed by atoms with van der Waals surface area (Å²) in [5.74, 6) is 2.46. The van der Waals surface area contributed by atoms with Gasteiger partial charge in [0.25, 0.3) is 0 Å². The molecule has 1 saturated heterocycles. The largest absolute Gasteiger partial charge is 0.489 e. The number of piperidine rings is 1. The van der Waals surface area contributed by atoms with Crippen molar-refractivity contribution in [1.82, 2.24) is 9.96 Å². The minimum absolute atomic E-state index is 0.273. The zero-order chi connectivity index (χ0) is 15.1. The van der Waals surface area contributed by atoms with E-state index < -0.39 is 0 Å². The fourth-order valence-corrected chi connectivity index (χ4v) is 2.70. The molecular weight excluding hydrogens is 288 g/mol. The lowest BCUT2D eigenvalue weighted by molar-refractivity contribution is -0.00338. The summed E-state index contributed by atoms with van der Waals surface area (Å²) in [5, 5.41) is 1.67. The van der Waals surface area contributed by atoms with Crippen LogP contribution in [0.3, 0.4) is 0 Å². The molecule has 2 rings (SSSR count). The van der Waals surface area contributed by atoms with Gasteiger partial charge in [-0.2, -0.15) is 5.06 Å². The van der Waals surface area contributed by atoms with Gasteiger partial charge >= 0.3 is 0 Å². The minimum atomic E-state index is 0.273. The smallest absolute Gasteiger partial charge is 0.147 e. The van der Waals surface area contributed by atoms with Crippen LogP contribution in [0.5, 0.6) is 11.5 Å². The van der Waals surface area contributed by atoms with Gasteiger partial charge in [-0.15, -0.1) is 11.6 Å². The highest BCUT2D eigenvalue weighted by Crippen LogP contribution is 2.22. The van der Waals surface area contributed by atoms with Crippen LogP contribution in [0.2, 0.25) is 0 Å². The van der Waals surface area contributed by atoms with Crippen molar-refractivity contribution in [2.24, 2.45) is 0 Å². The molecule has 0 radical (unpaired) electrons. The van der Waals surface area contributed by atoms with Crippen molar-refractivity contribution in [2.75, 3.05) is 39.6 Å². The summed E-state index contributed by atoms with van der Waals surface area (Å²) < 4.78 is 6.08. The fourth-order valence-electron chi connectivity index (χ4n) is 2.58. The Morgan fingerprint density at radius 3 is 2.62 bits per heavy atom. The number of hydrogen-bond donors (Lipinski definition) is 0. The number of rotatable bonds is 7. The second-order valence-corrected chi connectivity index (χ2v) is 5.98. The standard InChI is InChI=1S/C16H25ClN2O2/c1-18(2)21-15-8-6-14(7-9-15)20-16-5-3-11-19(13-16)12-4-10-17/h6-9,16H,3-5,10-13H2,1-2H3/t16-/m1/s1. The molecule has 1 aromatic rings. The maximum absolute atomic E-state index is 6.08. The van der Waals surface area contributed by atoms with Crippen molar-refractivity contribution in [2.45, 2.75) is 25.4 Å². The van der Waals surface area contributed by atoms with Crippen LogP contribution in [-0.4, -0.2) is 55.7 Å². The molecule has 0 aromatic heterocycles. The van der Waals surface area contributed by atoms with Crippen LogP contribution in [-0.2, 0) is 0 Å². The van der Waals surface area contributed by atoms with Gasteiger partial charge in [0.2, 0.25) is 0 Å². The molecule has 5 heteroatoms. The van der Waals surface area contributed by atoms with E-state index in [4.69, 9.17) is 21.2 Å². The van der Waals surface area contributed by atoms with Crippen molar-refractivity contribution < 1.29 is 9.57 Å². The summed E-state index contributed by atoms with van der Waals surface area (Å²) in [7, 11) is 3.73. The van der Waals surface area contributed by atoms with Crippen LogP contribution >= 0.6 is 11.6 Å². The van der Waals surface area contributed by atoms with Gasteiger partial charge in [0.15, 0.2) is 0 Å². The Balaban J connectivity index is 1.83. The summed E-state index contributed by atoms with van der Waals surface area (Å²) in [6.45, 7) is 3.22. The van der Waals surface area contributed by atoms with Crippen LogP contribution in [0, 0.1) is 0 Å². The third-order valence-corrected chi connectivity index (χ3v) is 3.75. The maximum Gasteiger partial charge on any atom is 0.147 e. The van der Waals surface area contributed by atoms with Crippen molar-refractivity contribution in [3.63, 3.8) is 0 Å². The van der Waals surface area contributed by atoms with Crippen LogP contribution in [0.4, 0.5) is 0 Å². The van der Waals surface area contributed by atoms with E-state index in [0.717, 1.165) is 49.9 Å². The van der Waals surface area contributed by atoms with E-state index in [1.54, 1.807) is 5.06 Å². The number of nitrogens with zero attached hydrogens (tertiary/aromatic N) is 2. The molecule has 1 aliphatic rings. The van der Waals surface area contributed by atoms with Gasteiger partial charge in [0.1, 0.15) is 17.6 Å². The van der Waals surface area contributed by atoms with E-state index in [1.165, 1.54) is 6.42 Å². The highest BCUT2D eigenvalue weighted by molar-refractivity contribution is 6.17. The number of ether oxygens (including phenoxy) is 1. The zero-order valence-electron chi connectivity index (χ0n) is 12.9. The molecule has 0 aliphatic carbocycles. The number of halogens is 1. The van der Waals surface area contributed by atoms with E-state index in [-0.39, 0.29) is 6.10 Å². The topological polar surface area (TPSA) is 24.9 Å². The number of hydrogen-bond acceptors (Lipinski definition) is 4. The van der Waals surface area contributed by atoms with E-state index in [2.05, 4.69) is 4.90 Å². The molecule has 4 nitrogen and oxygen atoms in total. The summed E-state index contributed by atoms with van der Waals surface area (Å²) in [6.07, 6.45) is 3.63. The molecule has 21 heavy (non-hydrogen) atoms. The molecule has 1 atom stereocenters. The molecule has 0 spiro atoms. The van der Waals surface area contributed by atoms with E-state index in [1.807, 2.05) is 38.4 Å². The average Bonchev–Trinajstić information content (AvgIpc) is 2.47. The third-order valence-electron chi connectivity index (χ3n) is 3.48. The van der Waals surface area contributed by atoms with E-state index in [0.29, 0.717) is 0 Å². The molecule has 1 heterocycles. The molecule has 0 saturated carbocycles. The van der Waals surface area contributed by atoms with Gasteiger partial charge < -0.3 is 9.57 Å². The molecule has 0 N–H and O–H groups in total. The predicted molar refractivity (Wildman–Crippen MR) is 86.2 cm³/mol. The molecule has 0 bridgehead atoms. The van der Waals surface area contributed by atoms with Crippen molar-refractivity contribution in [1.29, 1.82) is 0 Å². The first-order valence-corrected chi connectivity index (χ1v) is 8.11. The summed E-state index contributed by atoms with van der Waals surface area (Å²) >= 11 is 5.76. The van der Waals surface area contributed by atoms with Gasteiger partial charge in [-0.3, -0.25) is 4.90 Å². The Hall–Kier alpha value is -0.970. The predicted octanol–water partition coefficient (Wildman–Crippen LogP) is 3.01. The normalized spacial score (nSPS) is 19.7. The summed E-state index contributed by atoms with van der Waals surface area (Å²) in [5.41, 5.74) is 0. The minimum Gasteiger partial charge on any atom is -0.489 e. The fraction of sp³-hybridized carbons (Fsp3) is 0.625. The molecule has 1 fully saturated rings. The Bertz CT molecular complexity index is 411. The van der Waals surface area contributed by atoms with Crippen LogP contribution < -0.4 is 9.57 Å². The third kappa shape index (κ3) is 5.73. The second-order valence-electron chi connectivity index (χ2n) is 5.60. The van der Waals surface area contributed by atoms with Crippen molar-refractivity contribution in [3.8, 4) is 11.5 Å². The quantitative estimate of drug-likeness (QED) is 0.571. The number of benzene rings is 1. The van der Waals surface area contributed by atoms with Crippen LogP contribution in [0.15, 0.2) is 24.3 Å². The number of likely N-dealkylation sites (tertiary alicyclic amines) is 1. The maximum atomic E-state index is 6.08. The monoisotopic (exact) mass is 312 g/mol. The van der Waals surface area contributed by atoms with Gasteiger partial charge in [-0.25, -0.2) is 0 Å². The van der Waals surface area contributed by atoms with E-state index >= 15 is 0 Å². The summed E-state index contributed by atoms with van der Waals surface area (Å²) in [4.78, 5) is 7.92. The molecular formula is C16H25ClN2O2.